The fraction of sp³-hybridized carbons (Fsp3) is 0.419. The Hall–Kier alpha value is -2.45. The first-order valence-electron chi connectivity index (χ1n) is 13.6. The molecule has 2 aliphatic heterocycles. The van der Waals surface area contributed by atoms with Crippen LogP contribution >= 0.6 is 23.1 Å². The Morgan fingerprint density at radius 2 is 1.53 bits per heavy atom. The molecule has 38 heavy (non-hydrogen) atoms. The second kappa shape index (κ2) is 10.6. The van der Waals surface area contributed by atoms with Crippen molar-refractivity contribution in [2.45, 2.75) is 62.8 Å². The molecule has 7 heteroatoms. The number of thiophene rings is 1. The second-order valence-corrected chi connectivity index (χ2v) is 13.8. The van der Waals surface area contributed by atoms with Crippen molar-refractivity contribution >= 4 is 39.1 Å². The molecule has 0 unspecified atom stereocenters. The predicted octanol–water partition coefficient (Wildman–Crippen LogP) is 6.95. The van der Waals surface area contributed by atoms with Gasteiger partial charge in [-0.15, -0.1) is 11.3 Å². The summed E-state index contributed by atoms with van der Waals surface area (Å²) in [7, 11) is 0. The number of rotatable bonds is 6. The summed E-state index contributed by atoms with van der Waals surface area (Å²) >= 11 is 3.55. The van der Waals surface area contributed by atoms with E-state index >= 15 is 0 Å². The van der Waals surface area contributed by atoms with Crippen molar-refractivity contribution in [1.82, 2.24) is 14.9 Å². The molecule has 1 saturated heterocycles. The maximum atomic E-state index is 6.16. The number of nitrogens with zero attached hydrogens (tertiary/aromatic N) is 4. The van der Waals surface area contributed by atoms with E-state index in [0.29, 0.717) is 11.9 Å². The van der Waals surface area contributed by atoms with Gasteiger partial charge < -0.3 is 9.64 Å². The van der Waals surface area contributed by atoms with Crippen molar-refractivity contribution in [3.05, 3.63) is 82.2 Å². The number of fused-ring (bicyclic) bond motifs is 3. The van der Waals surface area contributed by atoms with Gasteiger partial charge in [-0.05, 0) is 30.5 Å². The third-order valence-corrected chi connectivity index (χ3v) is 9.41. The molecule has 0 amide bonds. The van der Waals surface area contributed by atoms with Gasteiger partial charge in [-0.2, -0.15) is 0 Å². The topological polar surface area (TPSA) is 41.5 Å². The van der Waals surface area contributed by atoms with Crippen LogP contribution in [0.25, 0.3) is 10.2 Å². The van der Waals surface area contributed by atoms with Gasteiger partial charge in [0.1, 0.15) is 10.6 Å². The first-order valence-corrected chi connectivity index (χ1v) is 15.3. The molecular formula is C31H36N4OS2. The molecule has 0 spiro atoms. The molecule has 0 N–H and O–H groups in total. The Kier molecular flexibility index (Phi) is 7.20. The van der Waals surface area contributed by atoms with Crippen molar-refractivity contribution in [2.24, 2.45) is 0 Å². The highest BCUT2D eigenvalue weighted by molar-refractivity contribution is 7.99. The first-order chi connectivity index (χ1) is 18.4. The van der Waals surface area contributed by atoms with E-state index in [0.717, 1.165) is 48.4 Å². The average Bonchev–Trinajstić information content (AvgIpc) is 3.26. The summed E-state index contributed by atoms with van der Waals surface area (Å²) in [6, 6.07) is 22.1. The van der Waals surface area contributed by atoms with Gasteiger partial charge in [-0.25, -0.2) is 9.97 Å². The summed E-state index contributed by atoms with van der Waals surface area (Å²) in [5.74, 6) is 1.11. The molecule has 0 aliphatic carbocycles. The number of hydrogen-bond donors (Lipinski definition) is 0. The quantitative estimate of drug-likeness (QED) is 0.193. The molecular weight excluding hydrogens is 509 g/mol. The third-order valence-electron chi connectivity index (χ3n) is 7.44. The van der Waals surface area contributed by atoms with E-state index < -0.39 is 0 Å². The van der Waals surface area contributed by atoms with Crippen molar-refractivity contribution in [3.63, 3.8) is 0 Å². The minimum absolute atomic E-state index is 0.166. The minimum atomic E-state index is -0.166. The Labute approximate surface area is 234 Å². The van der Waals surface area contributed by atoms with Crippen LogP contribution in [-0.2, 0) is 17.8 Å². The molecule has 1 fully saturated rings. The highest BCUT2D eigenvalue weighted by Gasteiger charge is 2.33. The molecule has 4 heterocycles. The molecule has 2 aromatic heterocycles. The van der Waals surface area contributed by atoms with Gasteiger partial charge in [-0.1, -0.05) is 86.3 Å². The Morgan fingerprint density at radius 1 is 0.895 bits per heavy atom. The zero-order valence-corrected chi connectivity index (χ0v) is 24.3. The maximum Gasteiger partial charge on any atom is 0.191 e. The summed E-state index contributed by atoms with van der Waals surface area (Å²) in [5.41, 5.74) is 3.93. The monoisotopic (exact) mass is 544 g/mol. The van der Waals surface area contributed by atoms with Gasteiger partial charge in [0.15, 0.2) is 5.16 Å². The van der Waals surface area contributed by atoms with Crippen molar-refractivity contribution in [2.75, 3.05) is 31.1 Å². The normalized spacial score (nSPS) is 17.9. The van der Waals surface area contributed by atoms with Crippen molar-refractivity contribution in [3.8, 4) is 0 Å². The zero-order valence-electron chi connectivity index (χ0n) is 22.7. The molecule has 2 aromatic carbocycles. The summed E-state index contributed by atoms with van der Waals surface area (Å²) in [6.45, 7) is 13.3. The third kappa shape index (κ3) is 5.22. The highest BCUT2D eigenvalue weighted by atomic mass is 32.2. The van der Waals surface area contributed by atoms with Crippen LogP contribution in [0.2, 0.25) is 0 Å². The maximum absolute atomic E-state index is 6.16. The first kappa shape index (κ1) is 25.8. The Bertz CT molecular complexity index is 1360. The molecule has 198 valence electrons. The number of ether oxygens (including phenoxy) is 1. The van der Waals surface area contributed by atoms with Crippen LogP contribution in [0.5, 0.6) is 0 Å². The van der Waals surface area contributed by atoms with Gasteiger partial charge in [0.2, 0.25) is 0 Å². The van der Waals surface area contributed by atoms with E-state index in [4.69, 9.17) is 14.7 Å². The van der Waals surface area contributed by atoms with Crippen LogP contribution < -0.4 is 4.90 Å². The largest absolute Gasteiger partial charge is 0.370 e. The van der Waals surface area contributed by atoms with Crippen LogP contribution in [0.15, 0.2) is 65.8 Å². The number of aromatic nitrogens is 2. The summed E-state index contributed by atoms with van der Waals surface area (Å²) < 4.78 is 6.16. The summed E-state index contributed by atoms with van der Waals surface area (Å²) in [5, 5.41) is 2.58. The van der Waals surface area contributed by atoms with Crippen LogP contribution in [-0.4, -0.2) is 51.9 Å². The predicted molar refractivity (Wildman–Crippen MR) is 159 cm³/mol. The Balaban J connectivity index is 1.33. The fourth-order valence-electron chi connectivity index (χ4n) is 5.68. The van der Waals surface area contributed by atoms with Crippen molar-refractivity contribution in [1.29, 1.82) is 0 Å². The molecule has 0 bridgehead atoms. The molecule has 5 nitrogen and oxygen atoms in total. The lowest BCUT2D eigenvalue weighted by Gasteiger charge is -2.40. The Morgan fingerprint density at radius 3 is 2.13 bits per heavy atom. The van der Waals surface area contributed by atoms with Crippen molar-refractivity contribution < 1.29 is 4.74 Å². The number of anilines is 1. The van der Waals surface area contributed by atoms with Crippen LogP contribution in [0.4, 0.5) is 5.82 Å². The molecule has 6 rings (SSSR count). The van der Waals surface area contributed by atoms with Crippen LogP contribution in [0, 0.1) is 0 Å². The standard InChI is InChI=1S/C31H36N4OS2/c1-21(2)37-30-32-28(26-24-19-31(3,4)36-20-25(24)38-29(26)33-30)35-17-15-34(16-18-35)27(22-11-7-5-8-12-22)23-13-9-6-10-14-23/h5-14,21,27H,15-20H2,1-4H3. The lowest BCUT2D eigenvalue weighted by Crippen LogP contribution is -2.48. The van der Waals surface area contributed by atoms with Gasteiger partial charge in [0.25, 0.3) is 0 Å². The molecule has 0 radical (unpaired) electrons. The van der Waals surface area contributed by atoms with Gasteiger partial charge in [0.05, 0.1) is 23.6 Å². The smallest absolute Gasteiger partial charge is 0.191 e. The molecule has 0 atom stereocenters. The highest BCUT2D eigenvalue weighted by Crippen LogP contribution is 2.43. The SMILES string of the molecule is CC(C)Sc1nc(N2CCN(C(c3ccccc3)c3ccccc3)CC2)c2c3c(sc2n1)COC(C)(C)C3. The number of thioether (sulfide) groups is 1. The van der Waals surface area contributed by atoms with E-state index in [9.17, 15) is 0 Å². The molecule has 0 saturated carbocycles. The van der Waals surface area contributed by atoms with Gasteiger partial charge in [0, 0.05) is 42.7 Å². The second-order valence-electron chi connectivity index (χ2n) is 11.2. The van der Waals surface area contributed by atoms with E-state index in [1.54, 1.807) is 23.1 Å². The fourth-order valence-corrected chi connectivity index (χ4v) is 7.54. The van der Waals surface area contributed by atoms with E-state index in [1.807, 2.05) is 0 Å². The zero-order chi connectivity index (χ0) is 26.3. The lowest BCUT2D eigenvalue weighted by atomic mass is 9.94. The summed E-state index contributed by atoms with van der Waals surface area (Å²) in [6.07, 6.45) is 0.902. The minimum Gasteiger partial charge on any atom is -0.370 e. The average molecular weight is 545 g/mol. The summed E-state index contributed by atoms with van der Waals surface area (Å²) in [4.78, 5) is 17.8. The molecule has 4 aromatic rings. The van der Waals surface area contributed by atoms with Gasteiger partial charge in [-0.3, -0.25) is 4.90 Å². The van der Waals surface area contributed by atoms with E-state index in [1.165, 1.54) is 27.0 Å². The number of hydrogen-bond acceptors (Lipinski definition) is 7. The lowest BCUT2D eigenvalue weighted by molar-refractivity contribution is -0.0379. The molecule has 2 aliphatic rings. The van der Waals surface area contributed by atoms with Crippen LogP contribution in [0.1, 0.15) is 55.3 Å². The van der Waals surface area contributed by atoms with E-state index in [2.05, 4.69) is 98.2 Å². The number of benzene rings is 2. The van der Waals surface area contributed by atoms with E-state index in [-0.39, 0.29) is 11.6 Å². The number of piperazine rings is 1. The van der Waals surface area contributed by atoms with Gasteiger partial charge >= 0.3 is 0 Å². The van der Waals surface area contributed by atoms with Crippen LogP contribution in [0.3, 0.4) is 0 Å².